The van der Waals surface area contributed by atoms with Crippen molar-refractivity contribution in [1.82, 2.24) is 20.3 Å². The number of hydrogen-bond acceptors (Lipinski definition) is 7. The second kappa shape index (κ2) is 7.39. The molecule has 0 saturated heterocycles. The van der Waals surface area contributed by atoms with Gasteiger partial charge in [0.2, 0.25) is 11.1 Å². The summed E-state index contributed by atoms with van der Waals surface area (Å²) in [6, 6.07) is 9.12. The molecule has 0 aliphatic rings. The highest BCUT2D eigenvalue weighted by molar-refractivity contribution is 8.00. The second-order valence-electron chi connectivity index (χ2n) is 5.27. The number of benzene rings is 1. The van der Waals surface area contributed by atoms with Crippen molar-refractivity contribution in [2.24, 2.45) is 0 Å². The summed E-state index contributed by atoms with van der Waals surface area (Å²) < 4.78 is 10.1. The number of H-pyrrole nitrogens is 1. The topological polar surface area (TPSA) is 106 Å². The summed E-state index contributed by atoms with van der Waals surface area (Å²) >= 11 is 1.25. The highest BCUT2D eigenvalue weighted by Crippen LogP contribution is 2.24. The van der Waals surface area contributed by atoms with Crippen LogP contribution in [0.3, 0.4) is 0 Å². The number of aromatic nitrogens is 4. The molecule has 0 fully saturated rings. The van der Waals surface area contributed by atoms with Gasteiger partial charge in [-0.2, -0.15) is 0 Å². The Morgan fingerprint density at radius 1 is 1.36 bits per heavy atom. The first kappa shape index (κ1) is 17.0. The van der Waals surface area contributed by atoms with Crippen molar-refractivity contribution in [2.45, 2.75) is 24.3 Å². The maximum absolute atomic E-state index is 12.2. The summed E-state index contributed by atoms with van der Waals surface area (Å²) in [5.74, 6) is 2.22. The molecule has 1 atom stereocenters. The monoisotopic (exact) mass is 359 g/mol. The number of hydrogen-bond donors (Lipinski definition) is 2. The van der Waals surface area contributed by atoms with Crippen LogP contribution in [0.25, 0.3) is 11.4 Å². The Morgan fingerprint density at radius 2 is 2.12 bits per heavy atom. The molecule has 3 rings (SSSR count). The average Bonchev–Trinajstić information content (AvgIpc) is 3.24. The van der Waals surface area contributed by atoms with E-state index in [1.165, 1.54) is 11.8 Å². The largest absolute Gasteiger partial charge is 0.497 e. The lowest BCUT2D eigenvalue weighted by molar-refractivity contribution is -0.115. The van der Waals surface area contributed by atoms with E-state index in [0.717, 1.165) is 11.3 Å². The molecule has 2 heterocycles. The summed E-state index contributed by atoms with van der Waals surface area (Å²) in [4.78, 5) is 16.6. The van der Waals surface area contributed by atoms with Gasteiger partial charge in [-0.3, -0.25) is 9.89 Å². The third-order valence-corrected chi connectivity index (χ3v) is 4.32. The van der Waals surface area contributed by atoms with E-state index in [9.17, 15) is 4.79 Å². The van der Waals surface area contributed by atoms with E-state index in [-0.39, 0.29) is 5.91 Å². The van der Waals surface area contributed by atoms with Crippen LogP contribution in [0.15, 0.2) is 40.0 Å². The predicted molar refractivity (Wildman–Crippen MR) is 93.6 cm³/mol. The fourth-order valence-electron chi connectivity index (χ4n) is 2.04. The minimum Gasteiger partial charge on any atom is -0.497 e. The van der Waals surface area contributed by atoms with Crippen LogP contribution in [0.1, 0.15) is 12.7 Å². The van der Waals surface area contributed by atoms with Crippen molar-refractivity contribution in [1.29, 1.82) is 0 Å². The molecule has 0 spiro atoms. The van der Waals surface area contributed by atoms with Gasteiger partial charge in [0.1, 0.15) is 11.5 Å². The predicted octanol–water partition coefficient (Wildman–Crippen LogP) is 2.90. The zero-order chi connectivity index (χ0) is 17.8. The second-order valence-corrected chi connectivity index (χ2v) is 6.58. The fourth-order valence-corrected chi connectivity index (χ4v) is 2.77. The Morgan fingerprint density at radius 3 is 2.76 bits per heavy atom. The molecule has 130 valence electrons. The highest BCUT2D eigenvalue weighted by atomic mass is 32.2. The van der Waals surface area contributed by atoms with Crippen LogP contribution < -0.4 is 10.1 Å². The lowest BCUT2D eigenvalue weighted by Gasteiger charge is -2.07. The Kier molecular flexibility index (Phi) is 5.03. The fraction of sp³-hybridized carbons (Fsp3) is 0.250. The molecule has 0 radical (unpaired) electrons. The molecule has 0 unspecified atom stereocenters. The van der Waals surface area contributed by atoms with Gasteiger partial charge >= 0.3 is 0 Å². The maximum Gasteiger partial charge on any atom is 0.238 e. The Labute approximate surface area is 148 Å². The number of nitrogens with one attached hydrogen (secondary N) is 2. The lowest BCUT2D eigenvalue weighted by Crippen LogP contribution is -2.22. The number of rotatable bonds is 6. The molecule has 2 aromatic heterocycles. The quantitative estimate of drug-likeness (QED) is 0.652. The number of thioether (sulfide) groups is 1. The lowest BCUT2D eigenvalue weighted by atomic mass is 10.2. The first-order chi connectivity index (χ1) is 12.0. The molecule has 0 bridgehead atoms. The van der Waals surface area contributed by atoms with Gasteiger partial charge in [0.25, 0.3) is 0 Å². The van der Waals surface area contributed by atoms with Crippen molar-refractivity contribution in [3.63, 3.8) is 0 Å². The molecule has 9 heteroatoms. The van der Waals surface area contributed by atoms with Gasteiger partial charge in [-0.25, -0.2) is 4.98 Å². The van der Waals surface area contributed by atoms with Crippen LogP contribution in [0, 0.1) is 6.92 Å². The van der Waals surface area contributed by atoms with Gasteiger partial charge in [0.15, 0.2) is 11.6 Å². The molecule has 0 saturated carbocycles. The zero-order valence-electron chi connectivity index (χ0n) is 13.9. The van der Waals surface area contributed by atoms with Crippen LogP contribution >= 0.6 is 11.8 Å². The van der Waals surface area contributed by atoms with Crippen LogP contribution in [-0.4, -0.2) is 38.6 Å². The number of aromatic amines is 1. The highest BCUT2D eigenvalue weighted by Gasteiger charge is 2.18. The Hall–Kier alpha value is -2.81. The normalized spacial score (nSPS) is 12.0. The van der Waals surface area contributed by atoms with Gasteiger partial charge in [-0.05, 0) is 38.1 Å². The molecule has 8 nitrogen and oxygen atoms in total. The number of carbonyl (C=O) groups excluding carboxylic acids is 1. The molecule has 0 aliphatic carbocycles. The summed E-state index contributed by atoms with van der Waals surface area (Å²) in [5.41, 5.74) is 0.885. The van der Waals surface area contributed by atoms with E-state index in [0.29, 0.717) is 22.6 Å². The molecular formula is C16H17N5O3S. The first-order valence-electron chi connectivity index (χ1n) is 7.53. The maximum atomic E-state index is 12.2. The summed E-state index contributed by atoms with van der Waals surface area (Å²) in [6.45, 7) is 3.53. The van der Waals surface area contributed by atoms with E-state index in [1.807, 2.05) is 24.3 Å². The van der Waals surface area contributed by atoms with Gasteiger partial charge in [-0.1, -0.05) is 16.9 Å². The SMILES string of the molecule is COc1ccc(-c2nc(S[C@@H](C)C(=O)Nc3cc(C)on3)n[nH]2)cc1. The van der Waals surface area contributed by atoms with E-state index in [1.54, 1.807) is 27.0 Å². The van der Waals surface area contributed by atoms with Gasteiger partial charge < -0.3 is 14.6 Å². The van der Waals surface area contributed by atoms with E-state index < -0.39 is 5.25 Å². The number of aryl methyl sites for hydroxylation is 1. The van der Waals surface area contributed by atoms with E-state index in [2.05, 4.69) is 25.7 Å². The zero-order valence-corrected chi connectivity index (χ0v) is 14.8. The Bertz CT molecular complexity index is 859. The number of ether oxygens (including phenoxy) is 1. The standard InChI is InChI=1S/C16H17N5O3S/c1-9-8-13(21-24-9)17-15(22)10(2)25-16-18-14(19-20-16)11-4-6-12(23-3)7-5-11/h4-8,10H,1-3H3,(H,17,21,22)(H,18,19,20)/t10-/m0/s1. The van der Waals surface area contributed by atoms with Crippen molar-refractivity contribution < 1.29 is 14.1 Å². The summed E-state index contributed by atoms with van der Waals surface area (Å²) in [6.07, 6.45) is 0. The third kappa shape index (κ3) is 4.18. The summed E-state index contributed by atoms with van der Waals surface area (Å²) in [5, 5.41) is 13.6. The third-order valence-electron chi connectivity index (χ3n) is 3.36. The number of nitrogens with zero attached hydrogens (tertiary/aromatic N) is 3. The average molecular weight is 359 g/mol. The van der Waals surface area contributed by atoms with E-state index >= 15 is 0 Å². The van der Waals surface area contributed by atoms with Gasteiger partial charge in [0.05, 0.1) is 12.4 Å². The molecule has 0 aliphatic heterocycles. The van der Waals surface area contributed by atoms with Gasteiger partial charge in [-0.15, -0.1) is 5.10 Å². The van der Waals surface area contributed by atoms with Crippen LogP contribution in [0.4, 0.5) is 5.82 Å². The smallest absolute Gasteiger partial charge is 0.238 e. The van der Waals surface area contributed by atoms with Crippen molar-refractivity contribution in [3.8, 4) is 17.1 Å². The van der Waals surface area contributed by atoms with Crippen LogP contribution in [0.2, 0.25) is 0 Å². The van der Waals surface area contributed by atoms with Crippen LogP contribution in [0.5, 0.6) is 5.75 Å². The molecule has 25 heavy (non-hydrogen) atoms. The minimum atomic E-state index is -0.392. The number of methoxy groups -OCH3 is 1. The molecule has 3 aromatic rings. The Balaban J connectivity index is 1.62. The number of anilines is 1. The van der Waals surface area contributed by atoms with Crippen molar-refractivity contribution >= 4 is 23.5 Å². The number of amides is 1. The summed E-state index contributed by atoms with van der Waals surface area (Å²) in [7, 11) is 1.62. The van der Waals surface area contributed by atoms with E-state index in [4.69, 9.17) is 9.26 Å². The molecular weight excluding hydrogens is 342 g/mol. The molecule has 2 N–H and O–H groups in total. The number of carbonyl (C=O) groups is 1. The van der Waals surface area contributed by atoms with Crippen molar-refractivity contribution in [2.75, 3.05) is 12.4 Å². The first-order valence-corrected chi connectivity index (χ1v) is 8.41. The molecule has 1 aromatic carbocycles. The molecule has 1 amide bonds. The van der Waals surface area contributed by atoms with Crippen LogP contribution in [-0.2, 0) is 4.79 Å². The van der Waals surface area contributed by atoms with Crippen molar-refractivity contribution in [3.05, 3.63) is 36.1 Å². The minimum absolute atomic E-state index is 0.200. The van der Waals surface area contributed by atoms with Gasteiger partial charge in [0, 0.05) is 11.6 Å².